The van der Waals surface area contributed by atoms with Crippen LogP contribution in [0.5, 0.6) is 5.75 Å². The largest absolute Gasteiger partial charge is 0.494 e. The molecule has 2 aromatic carbocycles. The normalized spacial score (nSPS) is 17.4. The molecule has 0 bridgehead atoms. The molecular weight excluding hydrogens is 452 g/mol. The number of nitrogens with two attached hydrogens (primary N) is 1. The van der Waals surface area contributed by atoms with Crippen LogP contribution in [0.3, 0.4) is 0 Å². The van der Waals surface area contributed by atoms with Gasteiger partial charge in [0.25, 0.3) is 11.8 Å². The molecule has 0 saturated heterocycles. The maximum atomic E-state index is 12.9. The predicted octanol–water partition coefficient (Wildman–Crippen LogP) is 5.04. The Hall–Kier alpha value is -3.35. The molecule has 1 unspecified atom stereocenters. The second-order valence-electron chi connectivity index (χ2n) is 10.2. The van der Waals surface area contributed by atoms with E-state index in [0.717, 1.165) is 23.3 Å². The maximum Gasteiger partial charge on any atom is 0.257 e. The van der Waals surface area contributed by atoms with Gasteiger partial charge in [-0.3, -0.25) is 14.5 Å². The Kier molecular flexibility index (Phi) is 9.51. The van der Waals surface area contributed by atoms with Crippen LogP contribution in [0, 0.1) is 5.92 Å². The molecule has 0 fully saturated rings. The fourth-order valence-electron chi connectivity index (χ4n) is 4.49. The van der Waals surface area contributed by atoms with Crippen LogP contribution >= 0.6 is 0 Å². The van der Waals surface area contributed by atoms with Crippen molar-refractivity contribution in [1.29, 1.82) is 0 Å². The number of nitrogens with zero attached hydrogens (tertiary/aromatic N) is 2. The molecule has 2 amide bonds. The highest BCUT2D eigenvalue weighted by atomic mass is 16.5. The van der Waals surface area contributed by atoms with Crippen LogP contribution in [0.25, 0.3) is 0 Å². The molecule has 0 aliphatic carbocycles. The van der Waals surface area contributed by atoms with E-state index in [2.05, 4.69) is 31.1 Å². The molecule has 0 radical (unpaired) electrons. The number of rotatable bonds is 13. The number of ether oxygens (including phenoxy) is 1. The lowest BCUT2D eigenvalue weighted by atomic mass is 9.91. The first kappa shape index (κ1) is 27.2. The lowest BCUT2D eigenvalue weighted by Crippen LogP contribution is -2.43. The molecule has 1 heterocycles. The highest BCUT2D eigenvalue weighted by molar-refractivity contribution is 6.06. The van der Waals surface area contributed by atoms with E-state index < -0.39 is 5.54 Å². The highest BCUT2D eigenvalue weighted by Crippen LogP contribution is 2.29. The van der Waals surface area contributed by atoms with Gasteiger partial charge in [-0.05, 0) is 61.1 Å². The van der Waals surface area contributed by atoms with Gasteiger partial charge in [0, 0.05) is 12.1 Å². The quantitative estimate of drug-likeness (QED) is 0.383. The fraction of sp³-hybridized carbons (Fsp3) is 0.483. The van der Waals surface area contributed by atoms with Crippen molar-refractivity contribution in [2.75, 3.05) is 6.61 Å². The first-order valence-electron chi connectivity index (χ1n) is 13.0. The number of carbonyl (C=O) groups excluding carboxylic acids is 2. The van der Waals surface area contributed by atoms with Gasteiger partial charge in [-0.25, -0.2) is 4.99 Å². The van der Waals surface area contributed by atoms with Crippen molar-refractivity contribution in [2.45, 2.75) is 78.4 Å². The van der Waals surface area contributed by atoms with Crippen LogP contribution in [-0.4, -0.2) is 34.8 Å². The number of carbonyl (C=O) groups is 2. The Labute approximate surface area is 215 Å². The van der Waals surface area contributed by atoms with Crippen molar-refractivity contribution in [3.63, 3.8) is 0 Å². The summed E-state index contributed by atoms with van der Waals surface area (Å²) in [4.78, 5) is 31.5. The summed E-state index contributed by atoms with van der Waals surface area (Å²) in [6.07, 6.45) is 5.31. The van der Waals surface area contributed by atoms with Gasteiger partial charge in [-0.15, -0.1) is 0 Å². The number of unbranched alkanes of at least 4 members (excludes halogenated alkanes) is 3. The molecular formula is C29H40N4O3. The van der Waals surface area contributed by atoms with Gasteiger partial charge in [0.2, 0.25) is 0 Å². The first-order chi connectivity index (χ1) is 17.2. The van der Waals surface area contributed by atoms with Crippen LogP contribution in [0.1, 0.15) is 81.3 Å². The lowest BCUT2D eigenvalue weighted by Gasteiger charge is -2.23. The minimum absolute atomic E-state index is 0.0575. The zero-order chi connectivity index (χ0) is 26.1. The summed E-state index contributed by atoms with van der Waals surface area (Å²) in [5.41, 5.74) is 7.81. The molecule has 3 N–H and O–H groups in total. The van der Waals surface area contributed by atoms with E-state index in [1.807, 2.05) is 43.3 Å². The molecule has 0 spiro atoms. The van der Waals surface area contributed by atoms with E-state index >= 15 is 0 Å². The van der Waals surface area contributed by atoms with Crippen molar-refractivity contribution in [1.82, 2.24) is 10.2 Å². The Bertz CT molecular complexity index is 1050. The van der Waals surface area contributed by atoms with Gasteiger partial charge in [-0.1, -0.05) is 64.3 Å². The Morgan fingerprint density at radius 1 is 1.06 bits per heavy atom. The molecule has 0 saturated carbocycles. The lowest BCUT2D eigenvalue weighted by molar-refractivity contribution is -0.131. The van der Waals surface area contributed by atoms with Gasteiger partial charge in [0.1, 0.15) is 11.3 Å². The summed E-state index contributed by atoms with van der Waals surface area (Å²) in [7, 11) is 0. The van der Waals surface area contributed by atoms with Gasteiger partial charge in [0.15, 0.2) is 5.96 Å². The second kappa shape index (κ2) is 12.6. The zero-order valence-electron chi connectivity index (χ0n) is 22.0. The number of hydrogen-bond donors (Lipinski definition) is 2. The summed E-state index contributed by atoms with van der Waals surface area (Å²) in [5, 5.41) is 2.95. The highest BCUT2D eigenvalue weighted by Gasteiger charge is 2.43. The number of aliphatic imine (C=N–C) groups is 1. The van der Waals surface area contributed by atoms with Crippen LogP contribution in [-0.2, 0) is 17.9 Å². The average molecular weight is 493 g/mol. The molecule has 1 aliphatic rings. The van der Waals surface area contributed by atoms with Crippen LogP contribution in [0.2, 0.25) is 0 Å². The number of hydrogen-bond acceptors (Lipinski definition) is 5. The third-order valence-electron chi connectivity index (χ3n) is 6.35. The minimum Gasteiger partial charge on any atom is -0.494 e. The van der Waals surface area contributed by atoms with Crippen molar-refractivity contribution in [3.8, 4) is 5.75 Å². The summed E-state index contributed by atoms with van der Waals surface area (Å²) < 4.78 is 5.75. The van der Waals surface area contributed by atoms with Crippen molar-refractivity contribution in [3.05, 3.63) is 65.2 Å². The van der Waals surface area contributed by atoms with E-state index in [9.17, 15) is 9.59 Å². The molecule has 1 atom stereocenters. The molecule has 36 heavy (non-hydrogen) atoms. The maximum absolute atomic E-state index is 12.9. The van der Waals surface area contributed by atoms with Gasteiger partial charge < -0.3 is 15.8 Å². The number of benzene rings is 2. The predicted molar refractivity (Wildman–Crippen MR) is 144 cm³/mol. The molecule has 7 nitrogen and oxygen atoms in total. The second-order valence-corrected chi connectivity index (χ2v) is 10.2. The number of amides is 2. The summed E-state index contributed by atoms with van der Waals surface area (Å²) >= 11 is 0. The fourth-order valence-corrected chi connectivity index (χ4v) is 4.49. The van der Waals surface area contributed by atoms with Gasteiger partial charge in [-0.2, -0.15) is 0 Å². The molecule has 7 heteroatoms. The SMILES string of the molecule is CCCCCCOc1ccc(C(=O)NCc2ccc(CN3C(=O)C(C)(CC(C)C)N=C3N)cc2)cc1. The van der Waals surface area contributed by atoms with Crippen molar-refractivity contribution >= 4 is 17.8 Å². The van der Waals surface area contributed by atoms with Crippen LogP contribution in [0.4, 0.5) is 0 Å². The Morgan fingerprint density at radius 3 is 2.36 bits per heavy atom. The Balaban J connectivity index is 1.47. The van der Waals surface area contributed by atoms with Crippen molar-refractivity contribution < 1.29 is 14.3 Å². The topological polar surface area (TPSA) is 97.0 Å². The van der Waals surface area contributed by atoms with E-state index in [1.165, 1.54) is 19.3 Å². The van der Waals surface area contributed by atoms with E-state index in [-0.39, 0.29) is 17.8 Å². The average Bonchev–Trinajstić information content (AvgIpc) is 3.05. The molecule has 1 aliphatic heterocycles. The third-order valence-corrected chi connectivity index (χ3v) is 6.35. The first-order valence-corrected chi connectivity index (χ1v) is 13.0. The number of nitrogens with one attached hydrogen (secondary N) is 1. The standard InChI is InChI=1S/C29H40N4O3/c1-5-6-7-8-17-36-25-15-13-24(14-16-25)26(34)31-19-22-9-11-23(12-10-22)20-33-27(35)29(4,18-21(2)3)32-28(33)30/h9-16,21H,5-8,17-20H2,1-4H3,(H2,30,32)(H,31,34). The monoisotopic (exact) mass is 492 g/mol. The number of guanidine groups is 1. The van der Waals surface area contributed by atoms with E-state index in [1.54, 1.807) is 17.0 Å². The minimum atomic E-state index is -0.790. The van der Waals surface area contributed by atoms with E-state index in [4.69, 9.17) is 10.5 Å². The molecule has 0 aromatic heterocycles. The van der Waals surface area contributed by atoms with Gasteiger partial charge >= 0.3 is 0 Å². The van der Waals surface area contributed by atoms with Crippen LogP contribution in [0.15, 0.2) is 53.5 Å². The van der Waals surface area contributed by atoms with E-state index in [0.29, 0.717) is 37.6 Å². The molecule has 194 valence electrons. The summed E-state index contributed by atoms with van der Waals surface area (Å²) in [6.45, 7) is 9.67. The van der Waals surface area contributed by atoms with Crippen molar-refractivity contribution in [2.24, 2.45) is 16.6 Å². The summed E-state index contributed by atoms with van der Waals surface area (Å²) in [6, 6.07) is 15.0. The van der Waals surface area contributed by atoms with Gasteiger partial charge in [0.05, 0.1) is 13.2 Å². The zero-order valence-corrected chi connectivity index (χ0v) is 22.0. The Morgan fingerprint density at radius 2 is 1.72 bits per heavy atom. The third kappa shape index (κ3) is 7.33. The molecule has 3 rings (SSSR count). The molecule has 2 aromatic rings. The summed E-state index contributed by atoms with van der Waals surface area (Å²) in [5.74, 6) is 1.21. The van der Waals surface area contributed by atoms with Crippen LogP contribution < -0.4 is 15.8 Å². The smallest absolute Gasteiger partial charge is 0.257 e.